The first-order valence-electron chi connectivity index (χ1n) is 9.72. The van der Waals surface area contributed by atoms with E-state index in [-0.39, 0.29) is 11.6 Å². The molecule has 0 radical (unpaired) electrons. The first kappa shape index (κ1) is 21.6. The number of nitrogens with zero attached hydrogens (tertiary/aromatic N) is 4. The van der Waals surface area contributed by atoms with Gasteiger partial charge < -0.3 is 5.32 Å². The van der Waals surface area contributed by atoms with Gasteiger partial charge in [-0.05, 0) is 68.6 Å². The quantitative estimate of drug-likeness (QED) is 0.652. The minimum atomic E-state index is -0.966. The van der Waals surface area contributed by atoms with Gasteiger partial charge in [0.05, 0.1) is 5.69 Å². The van der Waals surface area contributed by atoms with Gasteiger partial charge in [0.25, 0.3) is 5.91 Å². The predicted octanol–water partition coefficient (Wildman–Crippen LogP) is 3.80. The zero-order chi connectivity index (χ0) is 21.7. The van der Waals surface area contributed by atoms with Gasteiger partial charge in [-0.3, -0.25) is 19.5 Å². The highest BCUT2D eigenvalue weighted by Gasteiger charge is 2.36. The molecule has 0 saturated carbocycles. The SMILES string of the molecule is CCc1ccc(N(C(=O)c2csnn2)[C@H](C(=O)NC(C)(C)C)c2ccccn2)cc1. The van der Waals surface area contributed by atoms with Crippen LogP contribution in [0.2, 0.25) is 0 Å². The van der Waals surface area contributed by atoms with Gasteiger partial charge in [0.2, 0.25) is 5.91 Å². The van der Waals surface area contributed by atoms with Crippen LogP contribution in [-0.2, 0) is 11.2 Å². The molecule has 30 heavy (non-hydrogen) atoms. The Balaban J connectivity index is 2.14. The van der Waals surface area contributed by atoms with Crippen molar-refractivity contribution in [2.24, 2.45) is 0 Å². The van der Waals surface area contributed by atoms with Gasteiger partial charge in [-0.15, -0.1) is 5.10 Å². The Hall–Kier alpha value is -3.13. The molecule has 1 aromatic carbocycles. The van der Waals surface area contributed by atoms with Crippen molar-refractivity contribution in [3.05, 3.63) is 71.0 Å². The first-order valence-corrected chi connectivity index (χ1v) is 10.6. The van der Waals surface area contributed by atoms with Gasteiger partial charge in [0.15, 0.2) is 11.7 Å². The molecule has 3 aromatic rings. The standard InChI is InChI=1S/C22H25N5O2S/c1-5-15-9-11-16(12-10-15)27(21(29)18-14-30-26-25-18)19(17-8-6-7-13-23-17)20(28)24-22(2,3)4/h6-14,19H,5H2,1-4H3,(H,24,28)/t19-/m0/s1. The molecule has 1 N–H and O–H groups in total. The summed E-state index contributed by atoms with van der Waals surface area (Å²) in [5, 5.41) is 8.49. The number of benzene rings is 1. The van der Waals surface area contributed by atoms with E-state index < -0.39 is 17.5 Å². The number of hydrogen-bond donors (Lipinski definition) is 1. The van der Waals surface area contributed by atoms with Crippen molar-refractivity contribution in [2.45, 2.75) is 45.7 Å². The number of aryl methyl sites for hydroxylation is 1. The van der Waals surface area contributed by atoms with Crippen LogP contribution in [0.15, 0.2) is 54.0 Å². The Morgan fingerprint density at radius 2 is 1.87 bits per heavy atom. The molecule has 0 aliphatic heterocycles. The first-order chi connectivity index (χ1) is 14.3. The average molecular weight is 424 g/mol. The summed E-state index contributed by atoms with van der Waals surface area (Å²) in [6.45, 7) is 7.75. The summed E-state index contributed by atoms with van der Waals surface area (Å²) in [6.07, 6.45) is 2.48. The highest BCUT2D eigenvalue weighted by Crippen LogP contribution is 2.29. The molecule has 0 aliphatic rings. The maximum Gasteiger partial charge on any atom is 0.280 e. The molecular weight excluding hydrogens is 398 g/mol. The highest BCUT2D eigenvalue weighted by atomic mass is 32.1. The van der Waals surface area contributed by atoms with Crippen molar-refractivity contribution in [3.63, 3.8) is 0 Å². The van der Waals surface area contributed by atoms with Crippen molar-refractivity contribution in [1.82, 2.24) is 19.9 Å². The minimum Gasteiger partial charge on any atom is -0.349 e. The van der Waals surface area contributed by atoms with Crippen LogP contribution in [-0.4, -0.2) is 31.9 Å². The Morgan fingerprint density at radius 1 is 1.13 bits per heavy atom. The molecule has 0 bridgehead atoms. The fourth-order valence-corrected chi connectivity index (χ4v) is 3.45. The number of rotatable bonds is 6. The summed E-state index contributed by atoms with van der Waals surface area (Å²) in [7, 11) is 0. The molecule has 2 heterocycles. The summed E-state index contributed by atoms with van der Waals surface area (Å²) >= 11 is 1.09. The van der Waals surface area contributed by atoms with Gasteiger partial charge >= 0.3 is 0 Å². The summed E-state index contributed by atoms with van der Waals surface area (Å²) < 4.78 is 3.81. The second-order valence-electron chi connectivity index (χ2n) is 7.88. The molecule has 2 aromatic heterocycles. The fourth-order valence-electron chi connectivity index (χ4n) is 3.02. The van der Waals surface area contributed by atoms with E-state index in [4.69, 9.17) is 0 Å². The third-order valence-electron chi connectivity index (χ3n) is 4.39. The molecule has 0 aliphatic carbocycles. The molecule has 2 amide bonds. The van der Waals surface area contributed by atoms with Crippen molar-refractivity contribution < 1.29 is 9.59 Å². The largest absolute Gasteiger partial charge is 0.349 e. The van der Waals surface area contributed by atoms with Crippen LogP contribution in [0, 0.1) is 0 Å². The normalized spacial score (nSPS) is 12.3. The van der Waals surface area contributed by atoms with E-state index in [2.05, 4.69) is 26.8 Å². The van der Waals surface area contributed by atoms with E-state index in [0.717, 1.165) is 23.5 Å². The Kier molecular flexibility index (Phi) is 6.56. The van der Waals surface area contributed by atoms with Gasteiger partial charge in [-0.2, -0.15) is 0 Å². The topological polar surface area (TPSA) is 88.1 Å². The lowest BCUT2D eigenvalue weighted by Crippen LogP contribution is -2.49. The van der Waals surface area contributed by atoms with Gasteiger partial charge in [0.1, 0.15) is 0 Å². The molecule has 7 nitrogen and oxygen atoms in total. The molecule has 8 heteroatoms. The van der Waals surface area contributed by atoms with Crippen LogP contribution in [0.1, 0.15) is 55.5 Å². The van der Waals surface area contributed by atoms with E-state index >= 15 is 0 Å². The predicted molar refractivity (Wildman–Crippen MR) is 117 cm³/mol. The Morgan fingerprint density at radius 3 is 2.40 bits per heavy atom. The number of pyridine rings is 1. The van der Waals surface area contributed by atoms with Gasteiger partial charge in [-0.25, -0.2) is 0 Å². The number of amides is 2. The third-order valence-corrected chi connectivity index (χ3v) is 4.90. The maximum absolute atomic E-state index is 13.5. The van der Waals surface area contributed by atoms with Crippen molar-refractivity contribution in [2.75, 3.05) is 4.90 Å². The summed E-state index contributed by atoms with van der Waals surface area (Å²) in [4.78, 5) is 32.7. The maximum atomic E-state index is 13.5. The number of nitrogens with one attached hydrogen (secondary N) is 1. The molecule has 3 rings (SSSR count). The molecule has 1 atom stereocenters. The zero-order valence-electron chi connectivity index (χ0n) is 17.5. The summed E-state index contributed by atoms with van der Waals surface area (Å²) in [5.41, 5.74) is 1.90. The molecule has 0 saturated heterocycles. The number of aromatic nitrogens is 3. The lowest BCUT2D eigenvalue weighted by Gasteiger charge is -2.32. The van der Waals surface area contributed by atoms with E-state index in [1.54, 1.807) is 29.8 Å². The Labute approximate surface area is 180 Å². The Bertz CT molecular complexity index is 983. The monoisotopic (exact) mass is 423 g/mol. The van der Waals surface area contributed by atoms with E-state index in [0.29, 0.717) is 11.4 Å². The number of anilines is 1. The lowest BCUT2D eigenvalue weighted by molar-refractivity contribution is -0.124. The lowest BCUT2D eigenvalue weighted by atomic mass is 10.0. The summed E-state index contributed by atoms with van der Waals surface area (Å²) in [5.74, 6) is -0.731. The highest BCUT2D eigenvalue weighted by molar-refractivity contribution is 7.03. The third kappa shape index (κ3) is 5.07. The van der Waals surface area contributed by atoms with E-state index in [9.17, 15) is 9.59 Å². The summed E-state index contributed by atoms with van der Waals surface area (Å²) in [6, 6.07) is 11.9. The van der Waals surface area contributed by atoms with Crippen LogP contribution in [0.25, 0.3) is 0 Å². The molecule has 156 valence electrons. The fraction of sp³-hybridized carbons (Fsp3) is 0.318. The van der Waals surface area contributed by atoms with E-state index in [1.165, 1.54) is 4.90 Å². The minimum absolute atomic E-state index is 0.184. The molecular formula is C22H25N5O2S. The zero-order valence-corrected chi connectivity index (χ0v) is 18.3. The van der Waals surface area contributed by atoms with E-state index in [1.807, 2.05) is 45.0 Å². The second kappa shape index (κ2) is 9.13. The number of hydrogen-bond acceptors (Lipinski definition) is 6. The number of carbonyl (C=O) groups excluding carboxylic acids is 2. The molecule has 0 unspecified atom stereocenters. The van der Waals surface area contributed by atoms with Crippen molar-refractivity contribution in [3.8, 4) is 0 Å². The molecule has 0 fully saturated rings. The van der Waals surface area contributed by atoms with Crippen LogP contribution in [0.3, 0.4) is 0 Å². The van der Waals surface area contributed by atoms with Gasteiger partial charge in [-0.1, -0.05) is 29.6 Å². The smallest absolute Gasteiger partial charge is 0.280 e. The molecule has 0 spiro atoms. The second-order valence-corrected chi connectivity index (χ2v) is 8.49. The van der Waals surface area contributed by atoms with Gasteiger partial charge in [0, 0.05) is 22.8 Å². The average Bonchev–Trinajstić information content (AvgIpc) is 3.26. The van der Waals surface area contributed by atoms with Crippen LogP contribution in [0.5, 0.6) is 0 Å². The number of carbonyl (C=O) groups is 2. The van der Waals surface area contributed by atoms with Crippen LogP contribution >= 0.6 is 11.5 Å². The van der Waals surface area contributed by atoms with Crippen LogP contribution in [0.4, 0.5) is 5.69 Å². The van der Waals surface area contributed by atoms with Crippen molar-refractivity contribution in [1.29, 1.82) is 0 Å². The van der Waals surface area contributed by atoms with Crippen LogP contribution < -0.4 is 10.2 Å². The van der Waals surface area contributed by atoms with Crippen molar-refractivity contribution >= 4 is 29.0 Å².